The van der Waals surface area contributed by atoms with Crippen LogP contribution < -0.4 is 10.5 Å². The predicted octanol–water partition coefficient (Wildman–Crippen LogP) is 5.38. The number of fused-ring (bicyclic) bond motifs is 1. The van der Waals surface area contributed by atoms with Crippen molar-refractivity contribution in [2.24, 2.45) is 0 Å². The Bertz CT molecular complexity index is 1330. The van der Waals surface area contributed by atoms with E-state index in [1.807, 2.05) is 30.3 Å². The molecule has 1 aromatic carbocycles. The van der Waals surface area contributed by atoms with E-state index >= 15 is 0 Å². The molecule has 0 unspecified atom stereocenters. The zero-order valence-corrected chi connectivity index (χ0v) is 21.4. The van der Waals surface area contributed by atoms with Crippen LogP contribution >= 0.6 is 35.6 Å². The molecule has 0 radical (unpaired) electrons. The fourth-order valence-electron chi connectivity index (χ4n) is 3.89. The lowest BCUT2D eigenvalue weighted by Crippen LogP contribution is -2.31. The van der Waals surface area contributed by atoms with Crippen molar-refractivity contribution < 1.29 is 4.79 Å². The fourth-order valence-corrected chi connectivity index (χ4v) is 5.32. The zero-order valence-electron chi connectivity index (χ0n) is 19.0. The average molecular weight is 513 g/mol. The Morgan fingerprint density at radius 1 is 1.09 bits per heavy atom. The lowest BCUT2D eigenvalue weighted by molar-refractivity contribution is -0.122. The number of nitrogens with zero attached hydrogens (tertiary/aromatic N) is 4. The Morgan fingerprint density at radius 3 is 2.50 bits per heavy atom. The van der Waals surface area contributed by atoms with Crippen LogP contribution in [0.4, 0.5) is 5.82 Å². The van der Waals surface area contributed by atoms with Gasteiger partial charge in [-0.1, -0.05) is 73.7 Å². The van der Waals surface area contributed by atoms with Crippen molar-refractivity contribution >= 4 is 63.3 Å². The number of benzene rings is 1. The first kappa shape index (κ1) is 24.4. The maximum Gasteiger partial charge on any atom is 0.267 e. The summed E-state index contributed by atoms with van der Waals surface area (Å²) in [4.78, 5) is 35.7. The van der Waals surface area contributed by atoms with Gasteiger partial charge in [-0.25, -0.2) is 4.98 Å². The maximum absolute atomic E-state index is 13.5. The molecular formula is C25H25ClN4O2S2. The Labute approximate surface area is 213 Å². The van der Waals surface area contributed by atoms with Crippen LogP contribution in [-0.4, -0.2) is 37.6 Å². The third kappa shape index (κ3) is 4.89. The van der Waals surface area contributed by atoms with Gasteiger partial charge in [0.05, 0.1) is 17.0 Å². The molecule has 1 saturated heterocycles. The van der Waals surface area contributed by atoms with E-state index in [1.54, 1.807) is 24.4 Å². The summed E-state index contributed by atoms with van der Waals surface area (Å²) in [5.74, 6) is 0.354. The number of carbonyl (C=O) groups is 1. The summed E-state index contributed by atoms with van der Waals surface area (Å²) in [6.45, 7) is 5.99. The van der Waals surface area contributed by atoms with Crippen LogP contribution in [0, 0.1) is 0 Å². The summed E-state index contributed by atoms with van der Waals surface area (Å²) in [6, 6.07) is 12.8. The minimum atomic E-state index is -0.240. The highest BCUT2D eigenvalue weighted by Gasteiger charge is 2.33. The van der Waals surface area contributed by atoms with Gasteiger partial charge >= 0.3 is 0 Å². The van der Waals surface area contributed by atoms with Gasteiger partial charge < -0.3 is 4.90 Å². The highest BCUT2D eigenvalue weighted by Crippen LogP contribution is 2.35. The Hall–Kier alpha value is -2.68. The zero-order chi connectivity index (χ0) is 24.2. The van der Waals surface area contributed by atoms with E-state index in [4.69, 9.17) is 28.8 Å². The van der Waals surface area contributed by atoms with E-state index in [-0.39, 0.29) is 18.0 Å². The van der Waals surface area contributed by atoms with Crippen molar-refractivity contribution in [3.05, 3.63) is 80.1 Å². The molecule has 1 aliphatic heterocycles. The number of anilines is 1. The monoisotopic (exact) mass is 512 g/mol. The number of hydrogen-bond donors (Lipinski definition) is 0. The van der Waals surface area contributed by atoms with Crippen LogP contribution in [0.15, 0.2) is 58.4 Å². The number of aromatic nitrogens is 2. The third-order valence-corrected chi connectivity index (χ3v) is 7.22. The van der Waals surface area contributed by atoms with Gasteiger partial charge in [-0.15, -0.1) is 0 Å². The molecule has 34 heavy (non-hydrogen) atoms. The lowest BCUT2D eigenvalue weighted by Gasteiger charge is -2.24. The third-order valence-electron chi connectivity index (χ3n) is 5.47. The molecule has 1 aliphatic rings. The van der Waals surface area contributed by atoms with Crippen molar-refractivity contribution in [1.29, 1.82) is 0 Å². The van der Waals surface area contributed by atoms with Crippen LogP contribution in [-0.2, 0) is 11.3 Å². The van der Waals surface area contributed by atoms with E-state index in [9.17, 15) is 9.59 Å². The van der Waals surface area contributed by atoms with Gasteiger partial charge in [0.15, 0.2) is 0 Å². The fraction of sp³-hybridized carbons (Fsp3) is 0.280. The molecule has 0 saturated carbocycles. The van der Waals surface area contributed by atoms with Gasteiger partial charge in [-0.05, 0) is 42.7 Å². The number of rotatable bonds is 8. The van der Waals surface area contributed by atoms with Crippen LogP contribution in [0.5, 0.6) is 0 Å². The molecular weight excluding hydrogens is 488 g/mol. The highest BCUT2D eigenvalue weighted by atomic mass is 35.5. The number of amides is 1. The number of thioether (sulfide) groups is 1. The SMILES string of the molecule is CCCN(CCC)c1nc2ccccn2c(=O)c1/C=C1\SC(=S)N(Cc2ccccc2Cl)C1=O. The van der Waals surface area contributed by atoms with Crippen LogP contribution in [0.1, 0.15) is 37.8 Å². The number of hydrogen-bond acceptors (Lipinski definition) is 6. The molecule has 0 atom stereocenters. The normalized spacial score (nSPS) is 15.0. The molecule has 0 N–H and O–H groups in total. The van der Waals surface area contributed by atoms with Crippen molar-refractivity contribution in [2.45, 2.75) is 33.2 Å². The molecule has 0 spiro atoms. The Balaban J connectivity index is 1.79. The number of thiocarbonyl (C=S) groups is 1. The van der Waals surface area contributed by atoms with Gasteiger partial charge in [-0.3, -0.25) is 18.9 Å². The molecule has 3 heterocycles. The van der Waals surface area contributed by atoms with E-state index in [0.29, 0.717) is 31.3 Å². The Kier molecular flexibility index (Phi) is 7.70. The van der Waals surface area contributed by atoms with Crippen LogP contribution in [0.25, 0.3) is 11.7 Å². The second-order valence-electron chi connectivity index (χ2n) is 7.93. The Morgan fingerprint density at radius 2 is 1.79 bits per heavy atom. The molecule has 3 aromatic rings. The number of pyridine rings is 1. The quantitative estimate of drug-likeness (QED) is 0.298. The molecule has 1 fully saturated rings. The summed E-state index contributed by atoms with van der Waals surface area (Å²) >= 11 is 13.0. The first-order chi connectivity index (χ1) is 16.4. The molecule has 1 amide bonds. The molecule has 176 valence electrons. The summed E-state index contributed by atoms with van der Waals surface area (Å²) < 4.78 is 1.95. The van der Waals surface area contributed by atoms with Crippen molar-refractivity contribution in [2.75, 3.05) is 18.0 Å². The molecule has 2 aromatic heterocycles. The second kappa shape index (κ2) is 10.7. The average Bonchev–Trinajstić information content (AvgIpc) is 3.09. The first-order valence-corrected chi connectivity index (χ1v) is 12.8. The summed E-state index contributed by atoms with van der Waals surface area (Å²) in [5, 5.41) is 0.578. The number of halogens is 1. The van der Waals surface area contributed by atoms with Crippen LogP contribution in [0.2, 0.25) is 5.02 Å². The molecule has 6 nitrogen and oxygen atoms in total. The maximum atomic E-state index is 13.5. The van der Waals surface area contributed by atoms with E-state index in [1.165, 1.54) is 21.1 Å². The molecule has 9 heteroatoms. The summed E-state index contributed by atoms with van der Waals surface area (Å²) in [6.07, 6.45) is 5.16. The van der Waals surface area contributed by atoms with Crippen LogP contribution in [0.3, 0.4) is 0 Å². The van der Waals surface area contributed by atoms with Crippen molar-refractivity contribution in [3.8, 4) is 0 Å². The minimum Gasteiger partial charge on any atom is -0.356 e. The lowest BCUT2D eigenvalue weighted by atomic mass is 10.2. The molecule has 0 aliphatic carbocycles. The summed E-state index contributed by atoms with van der Waals surface area (Å²) in [7, 11) is 0. The van der Waals surface area contributed by atoms with E-state index in [2.05, 4.69) is 18.7 Å². The number of carbonyl (C=O) groups excluding carboxylic acids is 1. The van der Waals surface area contributed by atoms with Crippen molar-refractivity contribution in [1.82, 2.24) is 14.3 Å². The van der Waals surface area contributed by atoms with E-state index < -0.39 is 0 Å². The first-order valence-electron chi connectivity index (χ1n) is 11.2. The van der Waals surface area contributed by atoms with Gasteiger partial charge in [0.25, 0.3) is 11.5 Å². The smallest absolute Gasteiger partial charge is 0.267 e. The van der Waals surface area contributed by atoms with E-state index in [0.717, 1.165) is 31.5 Å². The largest absolute Gasteiger partial charge is 0.356 e. The van der Waals surface area contributed by atoms with Gasteiger partial charge in [0.2, 0.25) is 0 Å². The molecule has 0 bridgehead atoms. The highest BCUT2D eigenvalue weighted by molar-refractivity contribution is 8.26. The molecule has 4 rings (SSSR count). The summed E-state index contributed by atoms with van der Waals surface area (Å²) in [5.41, 5.74) is 1.56. The minimum absolute atomic E-state index is 0.214. The van der Waals surface area contributed by atoms with Crippen molar-refractivity contribution in [3.63, 3.8) is 0 Å². The predicted molar refractivity (Wildman–Crippen MR) is 144 cm³/mol. The van der Waals surface area contributed by atoms with Gasteiger partial charge in [0.1, 0.15) is 15.8 Å². The topological polar surface area (TPSA) is 57.9 Å². The second-order valence-corrected chi connectivity index (χ2v) is 10.0. The van der Waals surface area contributed by atoms with Gasteiger partial charge in [-0.2, -0.15) is 0 Å². The standard InChI is InChI=1S/C25H25ClN4O2S2/c1-3-12-28(13-4-2)22-18(23(31)29-14-8-7-11-21(29)27-22)15-20-24(32)30(25(33)34-20)16-17-9-5-6-10-19(17)26/h5-11,14-15H,3-4,12-13,16H2,1-2H3/b20-15-. The van der Waals surface area contributed by atoms with Gasteiger partial charge in [0, 0.05) is 24.3 Å².